The molecule has 9 aromatic rings. The molecule has 51 heavy (non-hydrogen) atoms. The summed E-state index contributed by atoms with van der Waals surface area (Å²) in [7, 11) is 0. The highest BCUT2D eigenvalue weighted by molar-refractivity contribution is 6.11. The highest BCUT2D eigenvalue weighted by atomic mass is 15.2. The van der Waals surface area contributed by atoms with Crippen molar-refractivity contribution < 1.29 is 0 Å². The van der Waals surface area contributed by atoms with Crippen LogP contribution in [0.2, 0.25) is 0 Å². The number of rotatable bonds is 4. The molecule has 0 spiro atoms. The Kier molecular flexibility index (Phi) is 6.26. The molecule has 4 heterocycles. The summed E-state index contributed by atoms with van der Waals surface area (Å²) in [5.74, 6) is 2.73. The third kappa shape index (κ3) is 4.27. The zero-order chi connectivity index (χ0) is 33.5. The van der Waals surface area contributed by atoms with Gasteiger partial charge in [0.15, 0.2) is 0 Å². The molecule has 5 nitrogen and oxygen atoms in total. The van der Waals surface area contributed by atoms with Gasteiger partial charge in [-0.25, -0.2) is 9.97 Å². The van der Waals surface area contributed by atoms with Gasteiger partial charge in [-0.2, -0.15) is 0 Å². The number of aromatic nitrogens is 5. The highest BCUT2D eigenvalue weighted by Crippen LogP contribution is 2.39. The van der Waals surface area contributed by atoms with E-state index in [9.17, 15) is 0 Å². The van der Waals surface area contributed by atoms with E-state index in [-0.39, 0.29) is 5.92 Å². The van der Waals surface area contributed by atoms with Crippen LogP contribution in [0.25, 0.3) is 71.8 Å². The van der Waals surface area contributed by atoms with E-state index in [4.69, 9.17) is 9.97 Å². The van der Waals surface area contributed by atoms with Crippen LogP contribution in [0.4, 0.5) is 0 Å². The van der Waals surface area contributed by atoms with Crippen LogP contribution in [0.3, 0.4) is 0 Å². The molecular formula is C46H35N5. The normalized spacial score (nSPS) is 16.1. The number of allylic oxidation sites excluding steroid dienone is 4. The quantitative estimate of drug-likeness (QED) is 0.189. The van der Waals surface area contributed by atoms with E-state index < -0.39 is 0 Å². The number of hydrogen-bond acceptors (Lipinski definition) is 2. The van der Waals surface area contributed by atoms with Gasteiger partial charge in [-0.05, 0) is 74.1 Å². The molecular weight excluding hydrogens is 623 g/mol. The standard InChI is InChI=1S/C46H35N5/c1-7-19-38-32(13-1)33-14-2-8-20-39(33)49(38)31-27-25-30(26-28-31)46-47-44(50-40-21-9-3-15-34(40)35-16-4-10-22-41(35)50)29-45(48-46)51-42-23-11-5-17-36(42)37-18-6-12-24-43(37)51/h1-5,7-11,13-17,19-23,25,27-30H,6,12,18,24,26H2. The molecule has 0 aliphatic heterocycles. The summed E-state index contributed by atoms with van der Waals surface area (Å²) in [5, 5.41) is 6.37. The van der Waals surface area contributed by atoms with Gasteiger partial charge in [-0.1, -0.05) is 103 Å². The van der Waals surface area contributed by atoms with Crippen LogP contribution in [0.5, 0.6) is 0 Å². The molecule has 0 N–H and O–H groups in total. The zero-order valence-electron chi connectivity index (χ0n) is 28.2. The maximum absolute atomic E-state index is 5.47. The van der Waals surface area contributed by atoms with E-state index in [1.807, 2.05) is 0 Å². The second-order valence-electron chi connectivity index (χ2n) is 14.0. The molecule has 2 aliphatic carbocycles. The second kappa shape index (κ2) is 11.2. The van der Waals surface area contributed by atoms with Gasteiger partial charge in [0.2, 0.25) is 0 Å². The molecule has 244 valence electrons. The summed E-state index contributed by atoms with van der Waals surface area (Å²) in [6.45, 7) is 0. The Balaban J connectivity index is 1.11. The average Bonchev–Trinajstić information content (AvgIpc) is 3.84. The molecule has 5 aromatic carbocycles. The summed E-state index contributed by atoms with van der Waals surface area (Å²) >= 11 is 0. The topological polar surface area (TPSA) is 40.6 Å². The van der Waals surface area contributed by atoms with Crippen molar-refractivity contribution in [1.82, 2.24) is 23.7 Å². The fourth-order valence-electron chi connectivity index (χ4n) is 8.93. The van der Waals surface area contributed by atoms with E-state index in [1.165, 1.54) is 73.3 Å². The van der Waals surface area contributed by atoms with Gasteiger partial charge < -0.3 is 4.57 Å². The van der Waals surface area contributed by atoms with Gasteiger partial charge in [-0.15, -0.1) is 0 Å². The molecule has 1 unspecified atom stereocenters. The van der Waals surface area contributed by atoms with Crippen LogP contribution < -0.4 is 0 Å². The van der Waals surface area contributed by atoms with Crippen molar-refractivity contribution in [2.45, 2.75) is 38.0 Å². The van der Waals surface area contributed by atoms with E-state index in [2.05, 4.69) is 159 Å². The lowest BCUT2D eigenvalue weighted by Gasteiger charge is -2.21. The molecule has 0 radical (unpaired) electrons. The van der Waals surface area contributed by atoms with Crippen molar-refractivity contribution in [3.05, 3.63) is 163 Å². The van der Waals surface area contributed by atoms with E-state index in [0.29, 0.717) is 0 Å². The predicted octanol–water partition coefficient (Wildman–Crippen LogP) is 11.1. The van der Waals surface area contributed by atoms with Gasteiger partial charge in [0.1, 0.15) is 17.5 Å². The SMILES string of the molecule is C1=CC(c2nc(-n3c4c(c5ccccc53)CCCC4)cc(-n3c4ccccc4c4ccccc43)n2)CC=C1n1c2ccccc2c2ccccc21. The minimum atomic E-state index is 0.0336. The number of fused-ring (bicyclic) bond motifs is 9. The van der Waals surface area contributed by atoms with Crippen LogP contribution in [-0.2, 0) is 12.8 Å². The smallest absolute Gasteiger partial charge is 0.143 e. The molecule has 1 atom stereocenters. The Morgan fingerprint density at radius 3 is 1.51 bits per heavy atom. The van der Waals surface area contributed by atoms with Crippen molar-refractivity contribution in [2.24, 2.45) is 0 Å². The van der Waals surface area contributed by atoms with Crippen LogP contribution in [0, 0.1) is 0 Å². The van der Waals surface area contributed by atoms with Gasteiger partial charge in [0.25, 0.3) is 0 Å². The third-order valence-corrected chi connectivity index (χ3v) is 11.2. The molecule has 11 rings (SSSR count). The number of nitrogens with zero attached hydrogens (tertiary/aromatic N) is 5. The lowest BCUT2D eigenvalue weighted by Crippen LogP contribution is -2.14. The van der Waals surface area contributed by atoms with E-state index >= 15 is 0 Å². The van der Waals surface area contributed by atoms with Crippen molar-refractivity contribution in [3.63, 3.8) is 0 Å². The molecule has 0 saturated heterocycles. The minimum Gasteiger partial charge on any atom is -0.310 e. The number of hydrogen-bond donors (Lipinski definition) is 0. The summed E-state index contributed by atoms with van der Waals surface area (Å²) in [4.78, 5) is 10.9. The molecule has 0 saturated carbocycles. The molecule has 0 fully saturated rings. The first kappa shape index (κ1) is 28.6. The van der Waals surface area contributed by atoms with Gasteiger partial charge in [-0.3, -0.25) is 9.13 Å². The first-order valence-electron chi connectivity index (χ1n) is 18.2. The number of aryl methyl sites for hydroxylation is 1. The summed E-state index contributed by atoms with van der Waals surface area (Å²) in [6, 6.07) is 45.9. The maximum Gasteiger partial charge on any atom is 0.143 e. The third-order valence-electron chi connectivity index (χ3n) is 11.2. The maximum atomic E-state index is 5.47. The van der Waals surface area contributed by atoms with Gasteiger partial charge in [0, 0.05) is 50.3 Å². The largest absolute Gasteiger partial charge is 0.310 e. The van der Waals surface area contributed by atoms with Crippen LogP contribution >= 0.6 is 0 Å². The van der Waals surface area contributed by atoms with Crippen LogP contribution in [0.1, 0.15) is 42.3 Å². The molecule has 0 amide bonds. The Hall–Kier alpha value is -6.20. The van der Waals surface area contributed by atoms with Crippen LogP contribution in [0.15, 0.2) is 146 Å². The minimum absolute atomic E-state index is 0.0336. The van der Waals surface area contributed by atoms with Gasteiger partial charge in [0.05, 0.1) is 27.6 Å². The average molecular weight is 658 g/mol. The van der Waals surface area contributed by atoms with Gasteiger partial charge >= 0.3 is 0 Å². The molecule has 0 bridgehead atoms. The Bertz CT molecular complexity index is 2810. The van der Waals surface area contributed by atoms with Crippen molar-refractivity contribution >= 4 is 60.2 Å². The van der Waals surface area contributed by atoms with Crippen molar-refractivity contribution in [3.8, 4) is 11.6 Å². The molecule has 4 aromatic heterocycles. The molecule has 5 heteroatoms. The number of para-hydroxylation sites is 5. The van der Waals surface area contributed by atoms with E-state index in [0.717, 1.165) is 47.8 Å². The first-order chi connectivity index (χ1) is 25.3. The summed E-state index contributed by atoms with van der Waals surface area (Å²) in [6.07, 6.45) is 12.4. The second-order valence-corrected chi connectivity index (χ2v) is 14.0. The predicted molar refractivity (Wildman–Crippen MR) is 210 cm³/mol. The first-order valence-corrected chi connectivity index (χ1v) is 18.2. The summed E-state index contributed by atoms with van der Waals surface area (Å²) < 4.78 is 7.18. The van der Waals surface area contributed by atoms with Crippen molar-refractivity contribution in [1.29, 1.82) is 0 Å². The fraction of sp³-hybridized carbons (Fsp3) is 0.130. The summed E-state index contributed by atoms with van der Waals surface area (Å²) in [5.41, 5.74) is 10.1. The molecule has 2 aliphatic rings. The van der Waals surface area contributed by atoms with Crippen molar-refractivity contribution in [2.75, 3.05) is 0 Å². The van der Waals surface area contributed by atoms with Crippen LogP contribution in [-0.4, -0.2) is 23.7 Å². The Morgan fingerprint density at radius 2 is 0.961 bits per heavy atom. The number of benzene rings is 5. The fourth-order valence-corrected chi connectivity index (χ4v) is 8.93. The van der Waals surface area contributed by atoms with E-state index in [1.54, 1.807) is 0 Å². The monoisotopic (exact) mass is 657 g/mol. The lowest BCUT2D eigenvalue weighted by atomic mass is 9.95. The highest BCUT2D eigenvalue weighted by Gasteiger charge is 2.25. The Labute approximate surface area is 295 Å². The zero-order valence-corrected chi connectivity index (χ0v) is 28.2. The Morgan fingerprint density at radius 1 is 0.490 bits per heavy atom. The lowest BCUT2D eigenvalue weighted by molar-refractivity contribution is 0.662.